The van der Waals surface area contributed by atoms with Crippen molar-refractivity contribution < 1.29 is 19.8 Å². The predicted molar refractivity (Wildman–Crippen MR) is 27.0 cm³/mol. The second-order valence-corrected chi connectivity index (χ2v) is 0.624. The van der Waals surface area contributed by atoms with E-state index < -0.39 is 5.97 Å². The molecule has 0 rings (SSSR count). The highest BCUT2D eigenvalue weighted by molar-refractivity contribution is 5.62. The van der Waals surface area contributed by atoms with Gasteiger partial charge in [-0.2, -0.15) is 0 Å². The molecule has 0 amide bonds. The van der Waals surface area contributed by atoms with Crippen LogP contribution in [0.25, 0.3) is 0 Å². The predicted octanol–water partition coefficient (Wildman–Crippen LogP) is -0.0463. The van der Waals surface area contributed by atoms with Crippen molar-refractivity contribution in [2.24, 2.45) is 0 Å². The maximum atomic E-state index is 9.00. The van der Waals surface area contributed by atoms with Crippen molar-refractivity contribution in [1.29, 1.82) is 0 Å². The monoisotopic (exact) mass is 123 g/mol. The summed E-state index contributed by atoms with van der Waals surface area (Å²) in [5.74, 6) is -0.833. The van der Waals surface area contributed by atoms with Crippen LogP contribution < -0.4 is 6.15 Å². The molecular formula is C3H9NO4. The summed E-state index contributed by atoms with van der Waals surface area (Å²) in [6, 6.07) is 0. The lowest BCUT2D eigenvalue weighted by Crippen LogP contribution is -1.78. The third kappa shape index (κ3) is 61.6. The van der Waals surface area contributed by atoms with Crippen LogP contribution in [0.3, 0.4) is 0 Å². The zero-order chi connectivity index (χ0) is 6.28. The smallest absolute Gasteiger partial charge is 0.300 e. The lowest BCUT2D eigenvalue weighted by molar-refractivity contribution is -0.134. The normalized spacial score (nSPS) is 4.62. The second-order valence-electron chi connectivity index (χ2n) is 0.624. The van der Waals surface area contributed by atoms with E-state index in [0.717, 1.165) is 6.92 Å². The van der Waals surface area contributed by atoms with Crippen molar-refractivity contribution >= 4 is 12.4 Å². The van der Waals surface area contributed by atoms with Crippen molar-refractivity contribution in [1.82, 2.24) is 6.15 Å². The first-order valence-corrected chi connectivity index (χ1v) is 1.42. The van der Waals surface area contributed by atoms with E-state index in [0.29, 0.717) is 0 Å². The Hall–Kier alpha value is -1.10. The van der Waals surface area contributed by atoms with Crippen molar-refractivity contribution in [3.63, 3.8) is 0 Å². The maximum absolute atomic E-state index is 9.00. The topological polar surface area (TPSA) is 110 Å². The highest BCUT2D eigenvalue weighted by atomic mass is 16.4. The number of carboxylic acid groups (broad SMARTS) is 2. The van der Waals surface area contributed by atoms with Crippen LogP contribution >= 0.6 is 0 Å². The minimum atomic E-state index is -0.833. The molecule has 0 aliphatic rings. The molecule has 50 valence electrons. The fraction of sp³-hybridized carbons (Fsp3) is 0.333. The Labute approximate surface area is 46.5 Å². The fourth-order valence-corrected chi connectivity index (χ4v) is 0. The van der Waals surface area contributed by atoms with Gasteiger partial charge in [-0.1, -0.05) is 0 Å². The van der Waals surface area contributed by atoms with Crippen LogP contribution in [0.5, 0.6) is 0 Å². The Morgan fingerprint density at radius 1 is 1.62 bits per heavy atom. The van der Waals surface area contributed by atoms with Crippen molar-refractivity contribution in [2.45, 2.75) is 6.92 Å². The lowest BCUT2D eigenvalue weighted by Gasteiger charge is -1.59. The quantitative estimate of drug-likeness (QED) is 0.391. The molecule has 0 aliphatic heterocycles. The minimum Gasteiger partial charge on any atom is -0.483 e. The summed E-state index contributed by atoms with van der Waals surface area (Å²) in [4.78, 5) is 17.4. The molecule has 5 N–H and O–H groups in total. The van der Waals surface area contributed by atoms with E-state index in [9.17, 15) is 0 Å². The van der Waals surface area contributed by atoms with Gasteiger partial charge in [0.2, 0.25) is 0 Å². The van der Waals surface area contributed by atoms with Crippen molar-refractivity contribution in [3.05, 3.63) is 0 Å². The first kappa shape index (κ1) is 15.8. The van der Waals surface area contributed by atoms with Crippen molar-refractivity contribution in [3.8, 4) is 0 Å². The van der Waals surface area contributed by atoms with Crippen molar-refractivity contribution in [2.75, 3.05) is 0 Å². The minimum absolute atomic E-state index is 0. The van der Waals surface area contributed by atoms with Gasteiger partial charge < -0.3 is 16.4 Å². The largest absolute Gasteiger partial charge is 0.483 e. The van der Waals surface area contributed by atoms with Crippen LogP contribution in [0.15, 0.2) is 0 Å². The summed E-state index contributed by atoms with van der Waals surface area (Å²) in [7, 11) is 0. The van der Waals surface area contributed by atoms with Gasteiger partial charge in [0.1, 0.15) is 0 Å². The number of hydrogen-bond acceptors (Lipinski definition) is 3. The van der Waals surface area contributed by atoms with Gasteiger partial charge in [-0.3, -0.25) is 9.59 Å². The fourth-order valence-electron chi connectivity index (χ4n) is 0. The molecule has 0 aromatic carbocycles. The summed E-state index contributed by atoms with van der Waals surface area (Å²) in [5.41, 5.74) is 0. The van der Waals surface area contributed by atoms with Gasteiger partial charge in [-0.25, -0.2) is 0 Å². The average Bonchev–Trinajstić information content (AvgIpc) is 1.33. The maximum Gasteiger partial charge on any atom is 0.300 e. The molecule has 0 spiro atoms. The summed E-state index contributed by atoms with van der Waals surface area (Å²) in [6.07, 6.45) is 0. The molecule has 0 radical (unpaired) electrons. The molecule has 0 bridgehead atoms. The summed E-state index contributed by atoms with van der Waals surface area (Å²) < 4.78 is 0. The summed E-state index contributed by atoms with van der Waals surface area (Å²) in [5, 5.41) is 14.3. The number of carbonyl (C=O) groups is 2. The highest BCUT2D eigenvalue weighted by Crippen LogP contribution is 1.42. The third-order valence-electron chi connectivity index (χ3n) is 0. The standard InChI is InChI=1S/C2H4O2.CH2O2.H3N/c1-2(3)4;2-1-3;/h1H3,(H,3,4);1H,(H,2,3);1H3. The van der Waals surface area contributed by atoms with E-state index in [2.05, 4.69) is 0 Å². The molecule has 0 heterocycles. The Kier molecular flexibility index (Phi) is 33.2. The van der Waals surface area contributed by atoms with Gasteiger partial charge in [-0.15, -0.1) is 0 Å². The molecule has 0 aromatic rings. The Bertz CT molecular complexity index is 58.3. The van der Waals surface area contributed by atoms with Gasteiger partial charge in [0, 0.05) is 6.92 Å². The van der Waals surface area contributed by atoms with Crippen LogP contribution in [-0.2, 0) is 9.59 Å². The Morgan fingerprint density at radius 3 is 1.62 bits per heavy atom. The first-order chi connectivity index (χ1) is 3.15. The molecule has 0 fully saturated rings. The third-order valence-corrected chi connectivity index (χ3v) is 0. The van der Waals surface area contributed by atoms with E-state index in [-0.39, 0.29) is 12.6 Å². The van der Waals surface area contributed by atoms with Crippen LogP contribution in [0.2, 0.25) is 0 Å². The van der Waals surface area contributed by atoms with E-state index >= 15 is 0 Å². The molecule has 0 unspecified atom stereocenters. The van der Waals surface area contributed by atoms with Gasteiger partial charge in [0.15, 0.2) is 0 Å². The molecule has 0 saturated carbocycles. The SMILES string of the molecule is CC(=O)O.N.O=CO. The van der Waals surface area contributed by atoms with Crippen LogP contribution in [-0.4, -0.2) is 22.7 Å². The highest BCUT2D eigenvalue weighted by Gasteiger charge is 1.65. The summed E-state index contributed by atoms with van der Waals surface area (Å²) in [6.45, 7) is 0.833. The van der Waals surface area contributed by atoms with Gasteiger partial charge in [0.05, 0.1) is 0 Å². The first-order valence-electron chi connectivity index (χ1n) is 1.42. The van der Waals surface area contributed by atoms with Gasteiger partial charge >= 0.3 is 0 Å². The van der Waals surface area contributed by atoms with Gasteiger partial charge in [-0.05, 0) is 0 Å². The molecule has 8 heavy (non-hydrogen) atoms. The number of carboxylic acids is 1. The zero-order valence-corrected chi connectivity index (χ0v) is 4.50. The Balaban J connectivity index is -0.0000000575. The lowest BCUT2D eigenvalue weighted by atomic mass is 10.9. The molecule has 5 heteroatoms. The van der Waals surface area contributed by atoms with E-state index in [1.54, 1.807) is 0 Å². The summed E-state index contributed by atoms with van der Waals surface area (Å²) >= 11 is 0. The average molecular weight is 123 g/mol. The molecule has 0 aromatic heterocycles. The molecule has 0 saturated heterocycles. The molecule has 0 aliphatic carbocycles. The van der Waals surface area contributed by atoms with Crippen LogP contribution in [0.1, 0.15) is 6.92 Å². The number of rotatable bonds is 0. The molecule has 5 nitrogen and oxygen atoms in total. The number of hydrogen-bond donors (Lipinski definition) is 3. The molecular weight excluding hydrogens is 114 g/mol. The Morgan fingerprint density at radius 2 is 1.62 bits per heavy atom. The second kappa shape index (κ2) is 16.8. The number of aliphatic carboxylic acids is 1. The van der Waals surface area contributed by atoms with Crippen LogP contribution in [0.4, 0.5) is 0 Å². The van der Waals surface area contributed by atoms with E-state index in [4.69, 9.17) is 19.8 Å². The molecule has 0 atom stereocenters. The van der Waals surface area contributed by atoms with E-state index in [1.807, 2.05) is 0 Å². The van der Waals surface area contributed by atoms with E-state index in [1.165, 1.54) is 0 Å². The van der Waals surface area contributed by atoms with Gasteiger partial charge in [0.25, 0.3) is 12.4 Å². The zero-order valence-electron chi connectivity index (χ0n) is 4.50. The van der Waals surface area contributed by atoms with Crippen LogP contribution in [0, 0.1) is 0 Å².